The molecule has 140 valence electrons. The van der Waals surface area contributed by atoms with Gasteiger partial charge in [0.1, 0.15) is 6.67 Å². The molecular weight excluding hydrogens is 355 g/mol. The third kappa shape index (κ3) is 3.33. The van der Waals surface area contributed by atoms with Crippen molar-refractivity contribution in [3.8, 4) is 11.1 Å². The van der Waals surface area contributed by atoms with Gasteiger partial charge in [0.15, 0.2) is 5.78 Å². The van der Waals surface area contributed by atoms with Gasteiger partial charge in [-0.3, -0.25) is 4.79 Å². The standard InChI is InChI=1S/C24H19FO3/c25-14-16-5-2-6-17(12-16)20-8-3-9-21-22(20)13-19(23(21)26)11-15-4-1-7-18(10-15)24(27)28/h1-10,12,19H,11,13-14H2,(H,27,28). The van der Waals surface area contributed by atoms with Crippen molar-refractivity contribution >= 4 is 11.8 Å². The molecule has 4 heteroatoms. The molecule has 0 radical (unpaired) electrons. The van der Waals surface area contributed by atoms with Gasteiger partial charge in [-0.15, -0.1) is 0 Å². The number of fused-ring (bicyclic) bond motifs is 1. The number of hydrogen-bond acceptors (Lipinski definition) is 2. The molecule has 1 aliphatic carbocycles. The highest BCUT2D eigenvalue weighted by molar-refractivity contribution is 6.04. The summed E-state index contributed by atoms with van der Waals surface area (Å²) in [6, 6.07) is 19.7. The number of carbonyl (C=O) groups excluding carboxylic acids is 1. The Morgan fingerprint density at radius 3 is 2.46 bits per heavy atom. The summed E-state index contributed by atoms with van der Waals surface area (Å²) in [6.45, 7) is -0.523. The zero-order valence-corrected chi connectivity index (χ0v) is 15.2. The zero-order chi connectivity index (χ0) is 19.7. The number of ketones is 1. The van der Waals surface area contributed by atoms with Crippen molar-refractivity contribution in [1.29, 1.82) is 0 Å². The average Bonchev–Trinajstić information content (AvgIpc) is 3.04. The van der Waals surface area contributed by atoms with E-state index in [0.29, 0.717) is 24.0 Å². The maximum atomic E-state index is 13.1. The van der Waals surface area contributed by atoms with E-state index in [4.69, 9.17) is 0 Å². The zero-order valence-electron chi connectivity index (χ0n) is 15.2. The molecule has 3 nitrogen and oxygen atoms in total. The van der Waals surface area contributed by atoms with Gasteiger partial charge in [0, 0.05) is 11.5 Å². The lowest BCUT2D eigenvalue weighted by Gasteiger charge is -2.10. The molecule has 1 unspecified atom stereocenters. The monoisotopic (exact) mass is 374 g/mol. The van der Waals surface area contributed by atoms with Gasteiger partial charge >= 0.3 is 5.97 Å². The number of carbonyl (C=O) groups is 2. The fourth-order valence-corrected chi connectivity index (χ4v) is 3.97. The van der Waals surface area contributed by atoms with E-state index in [1.54, 1.807) is 24.3 Å². The van der Waals surface area contributed by atoms with Gasteiger partial charge in [0.05, 0.1) is 5.56 Å². The van der Waals surface area contributed by atoms with Crippen molar-refractivity contribution in [2.75, 3.05) is 0 Å². The Labute approximate surface area is 162 Å². The first-order valence-corrected chi connectivity index (χ1v) is 9.20. The third-order valence-corrected chi connectivity index (χ3v) is 5.31. The summed E-state index contributed by atoms with van der Waals surface area (Å²) in [7, 11) is 0. The summed E-state index contributed by atoms with van der Waals surface area (Å²) in [4.78, 5) is 24.1. The topological polar surface area (TPSA) is 54.4 Å². The van der Waals surface area contributed by atoms with E-state index < -0.39 is 12.6 Å². The molecule has 0 saturated carbocycles. The van der Waals surface area contributed by atoms with E-state index in [9.17, 15) is 19.1 Å². The van der Waals surface area contributed by atoms with Gasteiger partial charge in [0.2, 0.25) is 0 Å². The molecule has 3 aromatic carbocycles. The lowest BCUT2D eigenvalue weighted by atomic mass is 9.93. The first kappa shape index (κ1) is 18.1. The van der Waals surface area contributed by atoms with E-state index in [0.717, 1.165) is 22.3 Å². The van der Waals surface area contributed by atoms with Crippen molar-refractivity contribution in [2.24, 2.45) is 5.92 Å². The molecule has 0 heterocycles. The fourth-order valence-electron chi connectivity index (χ4n) is 3.97. The van der Waals surface area contributed by atoms with Crippen molar-refractivity contribution in [3.63, 3.8) is 0 Å². The lowest BCUT2D eigenvalue weighted by molar-refractivity contribution is 0.0696. The molecule has 4 rings (SSSR count). The van der Waals surface area contributed by atoms with Crippen LogP contribution in [-0.2, 0) is 19.5 Å². The number of alkyl halides is 1. The van der Waals surface area contributed by atoms with Gasteiger partial charge in [-0.2, -0.15) is 0 Å². The molecule has 0 spiro atoms. The number of hydrogen-bond donors (Lipinski definition) is 1. The Morgan fingerprint density at radius 1 is 0.964 bits per heavy atom. The van der Waals surface area contributed by atoms with Crippen LogP contribution in [0, 0.1) is 5.92 Å². The number of benzene rings is 3. The second-order valence-electron chi connectivity index (χ2n) is 7.14. The van der Waals surface area contributed by atoms with Crippen LogP contribution in [0.15, 0.2) is 66.7 Å². The molecule has 0 aliphatic heterocycles. The SMILES string of the molecule is O=C(O)c1cccc(CC2Cc3c(cccc3-c3cccc(CF)c3)C2=O)c1. The summed E-state index contributed by atoms with van der Waals surface area (Å²) >= 11 is 0. The normalized spacial score (nSPS) is 15.5. The van der Waals surface area contributed by atoms with Crippen LogP contribution in [0.2, 0.25) is 0 Å². The summed E-state index contributed by atoms with van der Waals surface area (Å²) < 4.78 is 13.1. The summed E-state index contributed by atoms with van der Waals surface area (Å²) in [5.74, 6) is -1.11. The van der Waals surface area contributed by atoms with Crippen LogP contribution in [0.25, 0.3) is 11.1 Å². The van der Waals surface area contributed by atoms with Crippen LogP contribution in [-0.4, -0.2) is 16.9 Å². The maximum Gasteiger partial charge on any atom is 0.335 e. The van der Waals surface area contributed by atoms with Gasteiger partial charge in [-0.1, -0.05) is 48.5 Å². The van der Waals surface area contributed by atoms with Crippen molar-refractivity contribution in [3.05, 3.63) is 94.5 Å². The van der Waals surface area contributed by atoms with E-state index in [1.807, 2.05) is 42.5 Å². The molecule has 1 atom stereocenters. The number of rotatable bonds is 5. The van der Waals surface area contributed by atoms with Crippen LogP contribution in [0.5, 0.6) is 0 Å². The highest BCUT2D eigenvalue weighted by atomic mass is 19.1. The average molecular weight is 374 g/mol. The molecule has 3 aromatic rings. The lowest BCUT2D eigenvalue weighted by Crippen LogP contribution is -2.12. The van der Waals surface area contributed by atoms with Crippen LogP contribution in [0.3, 0.4) is 0 Å². The number of carboxylic acid groups (broad SMARTS) is 1. The predicted molar refractivity (Wildman–Crippen MR) is 105 cm³/mol. The van der Waals surface area contributed by atoms with Crippen LogP contribution in [0.4, 0.5) is 4.39 Å². The van der Waals surface area contributed by atoms with Gasteiger partial charge in [-0.25, -0.2) is 9.18 Å². The smallest absolute Gasteiger partial charge is 0.335 e. The Kier molecular flexibility index (Phi) is 4.78. The number of Topliss-reactive ketones (excluding diaryl/α,β-unsaturated/α-hetero) is 1. The Hall–Kier alpha value is -3.27. The molecule has 0 amide bonds. The number of carboxylic acids is 1. The second kappa shape index (κ2) is 7.39. The largest absolute Gasteiger partial charge is 0.478 e. The summed E-state index contributed by atoms with van der Waals surface area (Å²) in [5.41, 5.74) is 5.25. The fraction of sp³-hybridized carbons (Fsp3) is 0.167. The van der Waals surface area contributed by atoms with Crippen LogP contribution >= 0.6 is 0 Å². The molecule has 0 fully saturated rings. The van der Waals surface area contributed by atoms with Gasteiger partial charge in [-0.05, 0) is 58.9 Å². The minimum absolute atomic E-state index is 0.0826. The summed E-state index contributed by atoms with van der Waals surface area (Å²) in [5, 5.41) is 9.18. The number of aromatic carboxylic acids is 1. The Bertz CT molecular complexity index is 1070. The molecular formula is C24H19FO3. The highest BCUT2D eigenvalue weighted by Gasteiger charge is 2.32. The van der Waals surface area contributed by atoms with Crippen molar-refractivity contribution in [1.82, 2.24) is 0 Å². The molecule has 28 heavy (non-hydrogen) atoms. The third-order valence-electron chi connectivity index (χ3n) is 5.31. The van der Waals surface area contributed by atoms with Crippen LogP contribution in [0.1, 0.15) is 37.4 Å². The highest BCUT2D eigenvalue weighted by Crippen LogP contribution is 2.36. The second-order valence-corrected chi connectivity index (χ2v) is 7.14. The number of halogens is 1. The van der Waals surface area contributed by atoms with E-state index in [2.05, 4.69) is 0 Å². The van der Waals surface area contributed by atoms with E-state index >= 15 is 0 Å². The first-order valence-electron chi connectivity index (χ1n) is 9.20. The Balaban J connectivity index is 1.65. The molecule has 1 aliphatic rings. The van der Waals surface area contributed by atoms with Crippen LogP contribution < -0.4 is 0 Å². The summed E-state index contributed by atoms with van der Waals surface area (Å²) in [6.07, 6.45) is 1.10. The quantitative estimate of drug-likeness (QED) is 0.674. The van der Waals surface area contributed by atoms with Crippen molar-refractivity contribution in [2.45, 2.75) is 19.5 Å². The van der Waals surface area contributed by atoms with Gasteiger partial charge < -0.3 is 5.11 Å². The predicted octanol–water partition coefficient (Wildman–Crippen LogP) is 5.12. The van der Waals surface area contributed by atoms with Gasteiger partial charge in [0.25, 0.3) is 0 Å². The minimum Gasteiger partial charge on any atom is -0.478 e. The minimum atomic E-state index is -0.974. The van der Waals surface area contributed by atoms with Crippen molar-refractivity contribution < 1.29 is 19.1 Å². The van der Waals surface area contributed by atoms with E-state index in [1.165, 1.54) is 0 Å². The maximum absolute atomic E-state index is 13.1. The first-order chi connectivity index (χ1) is 13.6. The molecule has 0 bridgehead atoms. The molecule has 0 saturated heterocycles. The Morgan fingerprint density at radius 2 is 1.68 bits per heavy atom. The van der Waals surface area contributed by atoms with E-state index in [-0.39, 0.29) is 17.3 Å². The molecule has 1 N–H and O–H groups in total. The molecule has 0 aromatic heterocycles.